The lowest BCUT2D eigenvalue weighted by molar-refractivity contribution is 0.0732. The van der Waals surface area contributed by atoms with E-state index in [1.54, 1.807) is 18.4 Å². The molecule has 130 valence electrons. The summed E-state index contributed by atoms with van der Waals surface area (Å²) in [6, 6.07) is 0. The Morgan fingerprint density at radius 3 is 2.74 bits per heavy atom. The molecule has 1 aromatic rings. The average molecular weight is 340 g/mol. The highest BCUT2D eigenvalue weighted by molar-refractivity contribution is 7.13. The second-order valence-corrected chi connectivity index (χ2v) is 7.23. The summed E-state index contributed by atoms with van der Waals surface area (Å²) in [5.41, 5.74) is 1.42. The van der Waals surface area contributed by atoms with Gasteiger partial charge < -0.3 is 20.3 Å². The number of rotatable bonds is 8. The number of methoxy groups -OCH3 is 1. The highest BCUT2D eigenvalue weighted by Crippen LogP contribution is 2.43. The van der Waals surface area contributed by atoms with Crippen molar-refractivity contribution in [3.63, 3.8) is 0 Å². The summed E-state index contributed by atoms with van der Waals surface area (Å²) in [5.74, 6) is 0.841. The highest BCUT2D eigenvalue weighted by Gasteiger charge is 2.36. The third-order valence-electron chi connectivity index (χ3n) is 4.46. The van der Waals surface area contributed by atoms with Crippen molar-refractivity contribution in [3.8, 4) is 0 Å². The Labute approximate surface area is 143 Å². The van der Waals surface area contributed by atoms with Crippen LogP contribution < -0.4 is 15.5 Å². The Hall–Kier alpha value is -1.34. The van der Waals surface area contributed by atoms with Crippen LogP contribution in [0.15, 0.2) is 10.4 Å². The van der Waals surface area contributed by atoms with Crippen LogP contribution >= 0.6 is 11.3 Å². The molecule has 1 aliphatic rings. The third-order valence-corrected chi connectivity index (χ3v) is 5.52. The molecule has 2 N–H and O–H groups in total. The first-order valence-corrected chi connectivity index (χ1v) is 9.02. The number of hydrogen-bond acceptors (Lipinski definition) is 5. The monoisotopic (exact) mass is 339 g/mol. The Kier molecular flexibility index (Phi) is 6.65. The molecule has 0 unspecified atom stereocenters. The van der Waals surface area contributed by atoms with Gasteiger partial charge in [0, 0.05) is 46.8 Å². The van der Waals surface area contributed by atoms with Gasteiger partial charge in [0.2, 0.25) is 0 Å². The van der Waals surface area contributed by atoms with Gasteiger partial charge in [-0.1, -0.05) is 6.42 Å². The van der Waals surface area contributed by atoms with Gasteiger partial charge in [-0.15, -0.1) is 11.3 Å². The molecule has 1 fully saturated rings. The molecule has 2 rings (SSSR count). The van der Waals surface area contributed by atoms with Crippen LogP contribution in [0.4, 0.5) is 5.13 Å². The van der Waals surface area contributed by atoms with Crippen LogP contribution in [0.25, 0.3) is 0 Å². The molecule has 6 nitrogen and oxygen atoms in total. The lowest BCUT2D eigenvalue weighted by Crippen LogP contribution is -2.46. The van der Waals surface area contributed by atoms with Crippen LogP contribution in [0.3, 0.4) is 0 Å². The Morgan fingerprint density at radius 1 is 1.43 bits per heavy atom. The molecule has 1 saturated carbocycles. The molecule has 0 saturated heterocycles. The van der Waals surface area contributed by atoms with Crippen molar-refractivity contribution in [1.29, 1.82) is 0 Å². The van der Waals surface area contributed by atoms with E-state index < -0.39 is 0 Å². The molecular weight excluding hydrogens is 310 g/mol. The van der Waals surface area contributed by atoms with E-state index in [1.165, 1.54) is 19.3 Å². The quantitative estimate of drug-likeness (QED) is 0.561. The maximum absolute atomic E-state index is 5.25. The van der Waals surface area contributed by atoms with Gasteiger partial charge in [0.15, 0.2) is 11.1 Å². The molecule has 1 aliphatic carbocycles. The number of aromatic nitrogens is 1. The highest BCUT2D eigenvalue weighted by atomic mass is 32.1. The van der Waals surface area contributed by atoms with Gasteiger partial charge in [-0.2, -0.15) is 0 Å². The summed E-state index contributed by atoms with van der Waals surface area (Å²) in [7, 11) is 7.60. The van der Waals surface area contributed by atoms with E-state index in [-0.39, 0.29) is 0 Å². The summed E-state index contributed by atoms with van der Waals surface area (Å²) < 4.78 is 5.25. The SMILES string of the molecule is CN=C(NCc1csc(N(C)C)n1)NCC1(CCOC)CCC1. The van der Waals surface area contributed by atoms with Crippen molar-refractivity contribution >= 4 is 22.4 Å². The van der Waals surface area contributed by atoms with Gasteiger partial charge in [-0.25, -0.2) is 4.98 Å². The average Bonchev–Trinajstić information content (AvgIpc) is 2.98. The molecule has 0 spiro atoms. The van der Waals surface area contributed by atoms with E-state index in [0.717, 1.165) is 36.4 Å². The van der Waals surface area contributed by atoms with Crippen LogP contribution in [-0.4, -0.2) is 52.3 Å². The van der Waals surface area contributed by atoms with Crippen LogP contribution in [0.2, 0.25) is 0 Å². The van der Waals surface area contributed by atoms with E-state index in [9.17, 15) is 0 Å². The molecule has 7 heteroatoms. The van der Waals surface area contributed by atoms with Crippen LogP contribution in [0.1, 0.15) is 31.4 Å². The van der Waals surface area contributed by atoms with Crippen LogP contribution in [-0.2, 0) is 11.3 Å². The molecule has 0 radical (unpaired) electrons. The number of nitrogens with one attached hydrogen (secondary N) is 2. The first-order valence-electron chi connectivity index (χ1n) is 8.14. The third kappa shape index (κ3) is 5.07. The maximum Gasteiger partial charge on any atom is 0.191 e. The Morgan fingerprint density at radius 2 is 2.22 bits per heavy atom. The summed E-state index contributed by atoms with van der Waals surface area (Å²) in [6.45, 7) is 2.48. The fourth-order valence-corrected chi connectivity index (χ4v) is 3.52. The van der Waals surface area contributed by atoms with Crippen molar-refractivity contribution in [1.82, 2.24) is 15.6 Å². The first kappa shape index (κ1) is 18.0. The van der Waals surface area contributed by atoms with Crippen LogP contribution in [0, 0.1) is 5.41 Å². The van der Waals surface area contributed by atoms with E-state index in [0.29, 0.717) is 12.0 Å². The van der Waals surface area contributed by atoms with Gasteiger partial charge in [0.05, 0.1) is 12.2 Å². The molecule has 0 aromatic carbocycles. The van der Waals surface area contributed by atoms with Gasteiger partial charge in [-0.3, -0.25) is 4.99 Å². The normalized spacial score (nSPS) is 16.8. The van der Waals surface area contributed by atoms with Gasteiger partial charge in [0.1, 0.15) is 0 Å². The second kappa shape index (κ2) is 8.49. The number of thiazole rings is 1. The van der Waals surface area contributed by atoms with Crippen molar-refractivity contribution in [3.05, 3.63) is 11.1 Å². The van der Waals surface area contributed by atoms with Crippen molar-refractivity contribution in [2.45, 2.75) is 32.2 Å². The zero-order valence-electron chi connectivity index (χ0n) is 14.7. The molecular formula is C16H29N5OS. The fourth-order valence-electron chi connectivity index (χ4n) is 2.76. The minimum absolute atomic E-state index is 0.381. The zero-order valence-corrected chi connectivity index (χ0v) is 15.5. The standard InChI is InChI=1S/C16H29N5OS/c1-17-14(18-10-13-11-23-15(20-13)21(2)3)19-12-16(6-5-7-16)8-9-22-4/h11H,5-10,12H2,1-4H3,(H2,17,18,19). The van der Waals surface area contributed by atoms with E-state index in [2.05, 4.69) is 26.0 Å². The van der Waals surface area contributed by atoms with E-state index >= 15 is 0 Å². The lowest BCUT2D eigenvalue weighted by atomic mass is 9.67. The minimum Gasteiger partial charge on any atom is -0.385 e. The molecule has 23 heavy (non-hydrogen) atoms. The number of ether oxygens (including phenoxy) is 1. The lowest BCUT2D eigenvalue weighted by Gasteiger charge is -2.42. The molecule has 1 aromatic heterocycles. The summed E-state index contributed by atoms with van der Waals surface area (Å²) in [4.78, 5) is 10.9. The van der Waals surface area contributed by atoms with E-state index in [4.69, 9.17) is 4.74 Å². The molecule has 0 bridgehead atoms. The Bertz CT molecular complexity index is 510. The number of nitrogens with zero attached hydrogens (tertiary/aromatic N) is 3. The number of guanidine groups is 1. The number of aliphatic imine (C=N–C) groups is 1. The van der Waals surface area contributed by atoms with Gasteiger partial charge in [0.25, 0.3) is 0 Å². The molecule has 0 atom stereocenters. The maximum atomic E-state index is 5.25. The zero-order chi connectivity index (χ0) is 16.7. The van der Waals surface area contributed by atoms with E-state index in [1.807, 2.05) is 26.0 Å². The summed E-state index contributed by atoms with van der Waals surface area (Å²) >= 11 is 1.66. The van der Waals surface area contributed by atoms with Gasteiger partial charge >= 0.3 is 0 Å². The Balaban J connectivity index is 1.78. The summed E-state index contributed by atoms with van der Waals surface area (Å²) in [6.07, 6.45) is 4.99. The predicted octanol–water partition coefficient (Wildman–Crippen LogP) is 2.08. The van der Waals surface area contributed by atoms with Crippen molar-refractivity contribution < 1.29 is 4.74 Å². The van der Waals surface area contributed by atoms with Crippen LogP contribution in [0.5, 0.6) is 0 Å². The minimum atomic E-state index is 0.381. The topological polar surface area (TPSA) is 61.8 Å². The fraction of sp³-hybridized carbons (Fsp3) is 0.750. The molecule has 0 aliphatic heterocycles. The smallest absolute Gasteiger partial charge is 0.191 e. The largest absolute Gasteiger partial charge is 0.385 e. The van der Waals surface area contributed by atoms with Gasteiger partial charge in [-0.05, 0) is 24.7 Å². The van der Waals surface area contributed by atoms with Crippen molar-refractivity contribution in [2.75, 3.05) is 46.3 Å². The summed E-state index contributed by atoms with van der Waals surface area (Å²) in [5, 5.41) is 9.93. The molecule has 1 heterocycles. The predicted molar refractivity (Wildman–Crippen MR) is 97.4 cm³/mol. The van der Waals surface area contributed by atoms with Crippen molar-refractivity contribution in [2.24, 2.45) is 10.4 Å². The number of anilines is 1. The second-order valence-electron chi connectivity index (χ2n) is 6.39. The number of hydrogen-bond donors (Lipinski definition) is 2. The first-order chi connectivity index (χ1) is 11.1. The molecule has 0 amide bonds.